The average molecular weight is 346 g/mol. The van der Waals surface area contributed by atoms with E-state index in [0.717, 1.165) is 17.3 Å². The van der Waals surface area contributed by atoms with Crippen LogP contribution in [0.2, 0.25) is 0 Å². The molecular weight excluding hydrogens is 320 g/mol. The highest BCUT2D eigenvalue weighted by atomic mass is 79.9. The predicted molar refractivity (Wildman–Crippen MR) is 90.1 cm³/mol. The summed E-state index contributed by atoms with van der Waals surface area (Å²) in [7, 11) is 0. The lowest BCUT2D eigenvalue weighted by molar-refractivity contribution is 0.567. The van der Waals surface area contributed by atoms with Crippen molar-refractivity contribution in [2.45, 2.75) is 70.1 Å². The molecule has 1 aromatic rings. The number of halogens is 2. The second-order valence-corrected chi connectivity index (χ2v) is 6.87. The van der Waals surface area contributed by atoms with Gasteiger partial charge in [0, 0.05) is 9.85 Å². The molecule has 0 aliphatic rings. The maximum Gasteiger partial charge on any atom is 0.0376 e. The Bertz CT molecular complexity index is 338. The number of rotatable bonds is 10. The Labute approximate surface area is 132 Å². The fourth-order valence-electron chi connectivity index (χ4n) is 2.34. The van der Waals surface area contributed by atoms with Crippen LogP contribution >= 0.6 is 27.5 Å². The van der Waals surface area contributed by atoms with Gasteiger partial charge in [-0.15, -0.1) is 11.6 Å². The van der Waals surface area contributed by atoms with Crippen molar-refractivity contribution in [3.05, 3.63) is 34.3 Å². The first-order valence-electron chi connectivity index (χ1n) is 7.61. The van der Waals surface area contributed by atoms with Crippen molar-refractivity contribution in [3.8, 4) is 0 Å². The molecule has 108 valence electrons. The first kappa shape index (κ1) is 17.0. The van der Waals surface area contributed by atoms with Gasteiger partial charge in [-0.2, -0.15) is 0 Å². The van der Waals surface area contributed by atoms with Crippen molar-refractivity contribution < 1.29 is 0 Å². The molecule has 0 bridgehead atoms. The topological polar surface area (TPSA) is 0 Å². The second kappa shape index (κ2) is 10.7. The first-order chi connectivity index (χ1) is 9.22. The van der Waals surface area contributed by atoms with Crippen LogP contribution in [0.15, 0.2) is 28.7 Å². The Kier molecular flexibility index (Phi) is 9.63. The minimum Gasteiger partial charge on any atom is -0.123 e. The summed E-state index contributed by atoms with van der Waals surface area (Å²) in [5, 5.41) is 0.282. The van der Waals surface area contributed by atoms with E-state index in [-0.39, 0.29) is 5.38 Å². The zero-order valence-corrected chi connectivity index (χ0v) is 14.3. The Morgan fingerprint density at radius 3 is 2.42 bits per heavy atom. The van der Waals surface area contributed by atoms with Gasteiger partial charge in [0.2, 0.25) is 0 Å². The van der Waals surface area contributed by atoms with E-state index in [2.05, 4.69) is 47.1 Å². The van der Waals surface area contributed by atoms with Crippen molar-refractivity contribution in [1.82, 2.24) is 0 Å². The van der Waals surface area contributed by atoms with Crippen molar-refractivity contribution in [2.24, 2.45) is 0 Å². The van der Waals surface area contributed by atoms with Crippen molar-refractivity contribution in [2.75, 3.05) is 0 Å². The van der Waals surface area contributed by atoms with E-state index in [1.54, 1.807) is 0 Å². The fourth-order valence-corrected chi connectivity index (χ4v) is 3.12. The van der Waals surface area contributed by atoms with Crippen LogP contribution in [0.3, 0.4) is 0 Å². The summed E-state index contributed by atoms with van der Waals surface area (Å²) in [4.78, 5) is 0. The Balaban J connectivity index is 2.06. The third kappa shape index (κ3) is 8.70. The van der Waals surface area contributed by atoms with Crippen LogP contribution in [-0.2, 0) is 6.42 Å². The predicted octanol–water partition coefficient (Wildman–Crippen LogP) is 6.74. The Morgan fingerprint density at radius 2 is 1.74 bits per heavy atom. The van der Waals surface area contributed by atoms with Gasteiger partial charge in [-0.1, -0.05) is 79.9 Å². The summed E-state index contributed by atoms with van der Waals surface area (Å²) in [6.07, 6.45) is 11.6. The number of hydrogen-bond donors (Lipinski definition) is 0. The van der Waals surface area contributed by atoms with Crippen LogP contribution in [0.1, 0.15) is 63.9 Å². The van der Waals surface area contributed by atoms with Crippen LogP contribution in [-0.4, -0.2) is 5.38 Å². The summed E-state index contributed by atoms with van der Waals surface area (Å²) in [6, 6.07) is 8.46. The third-order valence-corrected chi connectivity index (χ3v) is 4.33. The summed E-state index contributed by atoms with van der Waals surface area (Å²) >= 11 is 9.92. The van der Waals surface area contributed by atoms with Crippen molar-refractivity contribution >= 4 is 27.5 Å². The zero-order valence-electron chi connectivity index (χ0n) is 12.0. The van der Waals surface area contributed by atoms with E-state index >= 15 is 0 Å². The summed E-state index contributed by atoms with van der Waals surface area (Å²) in [6.45, 7) is 2.26. The van der Waals surface area contributed by atoms with Crippen LogP contribution < -0.4 is 0 Å². The van der Waals surface area contributed by atoms with Gasteiger partial charge in [0.15, 0.2) is 0 Å². The molecule has 0 saturated heterocycles. The van der Waals surface area contributed by atoms with Crippen LogP contribution in [0.5, 0.6) is 0 Å². The van der Waals surface area contributed by atoms with E-state index in [0.29, 0.717) is 0 Å². The molecule has 1 aromatic carbocycles. The van der Waals surface area contributed by atoms with Crippen LogP contribution in [0.4, 0.5) is 0 Å². The lowest BCUT2D eigenvalue weighted by atomic mass is 10.0. The molecule has 0 nitrogen and oxygen atoms in total. The van der Waals surface area contributed by atoms with E-state index in [1.807, 2.05) is 0 Å². The van der Waals surface area contributed by atoms with Crippen LogP contribution in [0.25, 0.3) is 0 Å². The average Bonchev–Trinajstić information content (AvgIpc) is 2.37. The molecule has 0 radical (unpaired) electrons. The van der Waals surface area contributed by atoms with E-state index < -0.39 is 0 Å². The molecule has 0 spiro atoms. The Hall–Kier alpha value is -0.0100. The van der Waals surface area contributed by atoms with Gasteiger partial charge in [-0.05, 0) is 30.5 Å². The largest absolute Gasteiger partial charge is 0.123 e. The van der Waals surface area contributed by atoms with Gasteiger partial charge in [-0.3, -0.25) is 0 Å². The molecular formula is C17H26BrCl. The quantitative estimate of drug-likeness (QED) is 0.325. The molecule has 0 aliphatic carbocycles. The van der Waals surface area contributed by atoms with Crippen molar-refractivity contribution in [3.63, 3.8) is 0 Å². The lowest BCUT2D eigenvalue weighted by Crippen LogP contribution is -2.03. The lowest BCUT2D eigenvalue weighted by Gasteiger charge is -2.09. The van der Waals surface area contributed by atoms with E-state index in [4.69, 9.17) is 11.6 Å². The van der Waals surface area contributed by atoms with E-state index in [1.165, 1.54) is 50.5 Å². The summed E-state index contributed by atoms with van der Waals surface area (Å²) < 4.78 is 1.14. The number of benzene rings is 1. The third-order valence-electron chi connectivity index (χ3n) is 3.47. The molecule has 2 heteroatoms. The molecule has 1 atom stereocenters. The molecule has 1 unspecified atom stereocenters. The van der Waals surface area contributed by atoms with E-state index in [9.17, 15) is 0 Å². The maximum absolute atomic E-state index is 6.41. The minimum absolute atomic E-state index is 0.282. The highest BCUT2D eigenvalue weighted by Gasteiger charge is 2.06. The first-order valence-corrected chi connectivity index (χ1v) is 8.84. The fraction of sp³-hybridized carbons (Fsp3) is 0.647. The number of hydrogen-bond acceptors (Lipinski definition) is 0. The summed E-state index contributed by atoms with van der Waals surface area (Å²) in [5.74, 6) is 0. The molecule has 0 saturated carbocycles. The summed E-state index contributed by atoms with van der Waals surface area (Å²) in [5.41, 5.74) is 1.33. The minimum atomic E-state index is 0.282. The standard InChI is InChI=1S/C17H26BrCl/c1-2-3-4-5-6-7-8-12-17(19)14-15-10-9-11-16(18)13-15/h9-11,13,17H,2-8,12,14H2,1H3. The van der Waals surface area contributed by atoms with Gasteiger partial charge in [0.05, 0.1) is 0 Å². The maximum atomic E-state index is 6.41. The highest BCUT2D eigenvalue weighted by molar-refractivity contribution is 9.10. The normalized spacial score (nSPS) is 12.6. The molecule has 0 fully saturated rings. The highest BCUT2D eigenvalue weighted by Crippen LogP contribution is 2.18. The van der Waals surface area contributed by atoms with Gasteiger partial charge < -0.3 is 0 Å². The molecule has 0 amide bonds. The van der Waals surface area contributed by atoms with Gasteiger partial charge in [0.1, 0.15) is 0 Å². The van der Waals surface area contributed by atoms with Gasteiger partial charge in [-0.25, -0.2) is 0 Å². The van der Waals surface area contributed by atoms with Crippen LogP contribution in [0, 0.1) is 0 Å². The number of unbranched alkanes of at least 4 members (excludes halogenated alkanes) is 6. The SMILES string of the molecule is CCCCCCCCCC(Cl)Cc1cccc(Br)c1. The zero-order chi connectivity index (χ0) is 13.9. The van der Waals surface area contributed by atoms with Crippen molar-refractivity contribution in [1.29, 1.82) is 0 Å². The number of alkyl halides is 1. The molecule has 1 rings (SSSR count). The molecule has 0 aromatic heterocycles. The molecule has 19 heavy (non-hydrogen) atoms. The second-order valence-electron chi connectivity index (χ2n) is 5.34. The van der Waals surface area contributed by atoms with Gasteiger partial charge >= 0.3 is 0 Å². The molecule has 0 aliphatic heterocycles. The molecule has 0 N–H and O–H groups in total. The smallest absolute Gasteiger partial charge is 0.0376 e. The van der Waals surface area contributed by atoms with Gasteiger partial charge in [0.25, 0.3) is 0 Å². The Morgan fingerprint density at radius 1 is 1.05 bits per heavy atom. The monoisotopic (exact) mass is 344 g/mol. The molecule has 0 heterocycles.